The van der Waals surface area contributed by atoms with Crippen molar-refractivity contribution < 1.29 is 23.1 Å². The molecule has 0 aliphatic rings. The van der Waals surface area contributed by atoms with Crippen LogP contribution in [0.3, 0.4) is 0 Å². The van der Waals surface area contributed by atoms with Gasteiger partial charge in [-0.15, -0.1) is 0 Å². The average molecular weight is 283 g/mol. The van der Waals surface area contributed by atoms with Crippen LogP contribution in [0.15, 0.2) is 36.5 Å². The Kier molecular flexibility index (Phi) is 3.55. The fraction of sp³-hybridized carbons (Fsp3) is 0.0833. The SMILES string of the molecule is O=C(O)c1cccc(Nc2nccc(C(F)(F)F)n2)c1. The van der Waals surface area contributed by atoms with E-state index >= 15 is 0 Å². The zero-order valence-electron chi connectivity index (χ0n) is 9.85. The Bertz CT molecular complexity index is 644. The second-order valence-corrected chi connectivity index (χ2v) is 3.77. The largest absolute Gasteiger partial charge is 0.478 e. The molecule has 0 saturated heterocycles. The van der Waals surface area contributed by atoms with E-state index in [1.807, 2.05) is 0 Å². The molecular weight excluding hydrogens is 275 g/mol. The number of rotatable bonds is 3. The zero-order chi connectivity index (χ0) is 14.8. The van der Waals surface area contributed by atoms with Gasteiger partial charge in [0.2, 0.25) is 5.95 Å². The Hall–Kier alpha value is -2.64. The van der Waals surface area contributed by atoms with Crippen molar-refractivity contribution in [2.45, 2.75) is 6.18 Å². The van der Waals surface area contributed by atoms with E-state index in [0.29, 0.717) is 0 Å². The van der Waals surface area contributed by atoms with Crippen LogP contribution in [0, 0.1) is 0 Å². The molecule has 0 fully saturated rings. The van der Waals surface area contributed by atoms with Gasteiger partial charge in [0.05, 0.1) is 5.56 Å². The minimum atomic E-state index is -4.57. The highest BCUT2D eigenvalue weighted by Gasteiger charge is 2.32. The molecule has 0 aliphatic heterocycles. The van der Waals surface area contributed by atoms with E-state index in [9.17, 15) is 18.0 Å². The number of nitrogens with one attached hydrogen (secondary N) is 1. The third kappa shape index (κ3) is 3.22. The summed E-state index contributed by atoms with van der Waals surface area (Å²) in [5.41, 5.74) is -0.796. The van der Waals surface area contributed by atoms with E-state index < -0.39 is 17.8 Å². The number of hydrogen-bond acceptors (Lipinski definition) is 4. The van der Waals surface area contributed by atoms with E-state index in [2.05, 4.69) is 15.3 Å². The Morgan fingerprint density at radius 2 is 2.00 bits per heavy atom. The molecule has 0 atom stereocenters. The molecule has 0 radical (unpaired) electrons. The van der Waals surface area contributed by atoms with Crippen LogP contribution in [0.1, 0.15) is 16.1 Å². The minimum Gasteiger partial charge on any atom is -0.478 e. The Balaban J connectivity index is 2.26. The van der Waals surface area contributed by atoms with Crippen molar-refractivity contribution in [3.63, 3.8) is 0 Å². The molecule has 1 aromatic heterocycles. The zero-order valence-corrected chi connectivity index (χ0v) is 9.85. The predicted molar refractivity (Wildman–Crippen MR) is 63.7 cm³/mol. The minimum absolute atomic E-state index is 0.00183. The van der Waals surface area contributed by atoms with Crippen LogP contribution in [-0.2, 0) is 6.18 Å². The second-order valence-electron chi connectivity index (χ2n) is 3.77. The lowest BCUT2D eigenvalue weighted by molar-refractivity contribution is -0.141. The van der Waals surface area contributed by atoms with Crippen molar-refractivity contribution in [2.24, 2.45) is 0 Å². The number of aromatic carboxylic acids is 1. The molecule has 0 unspecified atom stereocenters. The molecule has 8 heteroatoms. The highest BCUT2D eigenvalue weighted by molar-refractivity contribution is 5.88. The molecular formula is C12H8F3N3O2. The number of anilines is 2. The number of carbonyl (C=O) groups is 1. The summed E-state index contributed by atoms with van der Waals surface area (Å²) < 4.78 is 37.4. The molecule has 1 aromatic carbocycles. The number of halogens is 3. The molecule has 2 aromatic rings. The van der Waals surface area contributed by atoms with Crippen molar-refractivity contribution >= 4 is 17.6 Å². The highest BCUT2D eigenvalue weighted by Crippen LogP contribution is 2.28. The molecule has 1 heterocycles. The fourth-order valence-corrected chi connectivity index (χ4v) is 1.44. The van der Waals surface area contributed by atoms with Gasteiger partial charge in [-0.2, -0.15) is 13.2 Å². The normalized spacial score (nSPS) is 11.2. The first-order valence-corrected chi connectivity index (χ1v) is 5.37. The van der Waals surface area contributed by atoms with Gasteiger partial charge in [-0.1, -0.05) is 6.07 Å². The van der Waals surface area contributed by atoms with Crippen molar-refractivity contribution in [3.05, 3.63) is 47.8 Å². The maximum atomic E-state index is 12.5. The van der Waals surface area contributed by atoms with E-state index in [1.54, 1.807) is 0 Å². The van der Waals surface area contributed by atoms with E-state index in [-0.39, 0.29) is 17.2 Å². The lowest BCUT2D eigenvalue weighted by Crippen LogP contribution is -2.10. The molecule has 5 nitrogen and oxygen atoms in total. The van der Waals surface area contributed by atoms with E-state index in [1.165, 1.54) is 24.3 Å². The monoisotopic (exact) mass is 283 g/mol. The van der Waals surface area contributed by atoms with Gasteiger partial charge in [0.25, 0.3) is 0 Å². The lowest BCUT2D eigenvalue weighted by atomic mass is 10.2. The van der Waals surface area contributed by atoms with Gasteiger partial charge in [-0.25, -0.2) is 14.8 Å². The third-order valence-corrected chi connectivity index (χ3v) is 2.31. The third-order valence-electron chi connectivity index (χ3n) is 2.31. The first-order chi connectivity index (χ1) is 9.36. The van der Waals surface area contributed by atoms with Crippen LogP contribution in [0.4, 0.5) is 24.8 Å². The van der Waals surface area contributed by atoms with Crippen LogP contribution >= 0.6 is 0 Å². The summed E-state index contributed by atoms with van der Waals surface area (Å²) in [6.45, 7) is 0. The Labute approximate surface area is 111 Å². The van der Waals surface area contributed by atoms with Crippen LogP contribution < -0.4 is 5.32 Å². The van der Waals surface area contributed by atoms with Gasteiger partial charge in [-0.3, -0.25) is 0 Å². The first-order valence-electron chi connectivity index (χ1n) is 5.37. The van der Waals surface area contributed by atoms with Gasteiger partial charge in [0.15, 0.2) is 0 Å². The number of hydrogen-bond donors (Lipinski definition) is 2. The summed E-state index contributed by atoms with van der Waals surface area (Å²) in [6, 6.07) is 6.33. The van der Waals surface area contributed by atoms with E-state index in [0.717, 1.165) is 12.3 Å². The maximum absolute atomic E-state index is 12.5. The number of alkyl halides is 3. The number of carboxylic acid groups (broad SMARTS) is 1. The van der Waals surface area contributed by atoms with Gasteiger partial charge in [0.1, 0.15) is 5.69 Å². The first kappa shape index (κ1) is 13.8. The van der Waals surface area contributed by atoms with Gasteiger partial charge in [-0.05, 0) is 24.3 Å². The standard InChI is InChI=1S/C12H8F3N3O2/c13-12(14,15)9-4-5-16-11(18-9)17-8-3-1-2-7(6-8)10(19)20/h1-6H,(H,19,20)(H,16,17,18). The van der Waals surface area contributed by atoms with Crippen molar-refractivity contribution in [2.75, 3.05) is 5.32 Å². The molecule has 0 spiro atoms. The van der Waals surface area contributed by atoms with Gasteiger partial charge >= 0.3 is 12.1 Å². The molecule has 0 aliphatic carbocycles. The molecule has 20 heavy (non-hydrogen) atoms. The summed E-state index contributed by atoms with van der Waals surface area (Å²) in [7, 11) is 0. The fourth-order valence-electron chi connectivity index (χ4n) is 1.44. The number of benzene rings is 1. The van der Waals surface area contributed by atoms with Crippen LogP contribution in [0.25, 0.3) is 0 Å². The number of aromatic nitrogens is 2. The van der Waals surface area contributed by atoms with Crippen LogP contribution in [-0.4, -0.2) is 21.0 Å². The lowest BCUT2D eigenvalue weighted by Gasteiger charge is -2.08. The molecule has 104 valence electrons. The Morgan fingerprint density at radius 1 is 1.25 bits per heavy atom. The summed E-state index contributed by atoms with van der Waals surface area (Å²) in [6.07, 6.45) is -3.60. The van der Waals surface area contributed by atoms with Crippen LogP contribution in [0.5, 0.6) is 0 Å². The summed E-state index contributed by atoms with van der Waals surface area (Å²) in [4.78, 5) is 17.8. The average Bonchev–Trinajstić information content (AvgIpc) is 2.38. The molecule has 0 saturated carbocycles. The smallest absolute Gasteiger partial charge is 0.433 e. The molecule has 2 rings (SSSR count). The highest BCUT2D eigenvalue weighted by atomic mass is 19.4. The number of carboxylic acids is 1. The van der Waals surface area contributed by atoms with Crippen molar-refractivity contribution in [1.82, 2.24) is 9.97 Å². The van der Waals surface area contributed by atoms with Crippen molar-refractivity contribution in [3.8, 4) is 0 Å². The predicted octanol–water partition coefficient (Wildman–Crippen LogP) is 2.94. The molecule has 0 bridgehead atoms. The van der Waals surface area contributed by atoms with Crippen LogP contribution in [0.2, 0.25) is 0 Å². The van der Waals surface area contributed by atoms with Gasteiger partial charge in [0, 0.05) is 11.9 Å². The summed E-state index contributed by atoms with van der Waals surface area (Å²) in [5, 5.41) is 11.3. The summed E-state index contributed by atoms with van der Waals surface area (Å²) >= 11 is 0. The van der Waals surface area contributed by atoms with Gasteiger partial charge < -0.3 is 10.4 Å². The topological polar surface area (TPSA) is 75.1 Å². The Morgan fingerprint density at radius 3 is 2.65 bits per heavy atom. The quantitative estimate of drug-likeness (QED) is 0.905. The summed E-state index contributed by atoms with van der Waals surface area (Å²) in [5.74, 6) is -1.40. The maximum Gasteiger partial charge on any atom is 0.433 e. The number of nitrogens with zero attached hydrogens (tertiary/aromatic N) is 2. The van der Waals surface area contributed by atoms with E-state index in [4.69, 9.17) is 5.11 Å². The second kappa shape index (κ2) is 5.16. The molecule has 2 N–H and O–H groups in total. The molecule has 0 amide bonds. The van der Waals surface area contributed by atoms with Crippen molar-refractivity contribution in [1.29, 1.82) is 0 Å².